The first-order valence-corrected chi connectivity index (χ1v) is 8.58. The second kappa shape index (κ2) is 7.51. The quantitative estimate of drug-likeness (QED) is 0.636. The Kier molecular flexibility index (Phi) is 5.17. The molecule has 0 N–H and O–H groups in total. The van der Waals surface area contributed by atoms with Crippen LogP contribution in [-0.2, 0) is 0 Å². The number of thioether (sulfide) groups is 1. The molecule has 122 valence electrons. The Bertz CT molecular complexity index is 823. The van der Waals surface area contributed by atoms with Crippen LogP contribution in [0.25, 0.3) is 5.69 Å². The molecule has 5 nitrogen and oxygen atoms in total. The summed E-state index contributed by atoms with van der Waals surface area (Å²) in [7, 11) is 0. The highest BCUT2D eigenvalue weighted by Gasteiger charge is 2.21. The van der Waals surface area contributed by atoms with E-state index in [1.165, 1.54) is 0 Å². The van der Waals surface area contributed by atoms with Gasteiger partial charge in [0.15, 0.2) is 5.15 Å². The predicted molar refractivity (Wildman–Crippen MR) is 97.1 cm³/mol. The second-order valence-corrected chi connectivity index (χ2v) is 6.27. The maximum Gasteiger partial charge on any atom is 0.291 e. The number of amides is 1. The van der Waals surface area contributed by atoms with E-state index in [0.717, 1.165) is 22.3 Å². The molecule has 3 aromatic rings. The summed E-state index contributed by atoms with van der Waals surface area (Å²) in [5, 5.41) is 4.46. The van der Waals surface area contributed by atoms with Crippen molar-refractivity contribution < 1.29 is 4.79 Å². The molecule has 2 heterocycles. The van der Waals surface area contributed by atoms with E-state index in [1.54, 1.807) is 28.2 Å². The molecule has 0 aliphatic rings. The average molecular weight is 359 g/mol. The van der Waals surface area contributed by atoms with Crippen molar-refractivity contribution in [1.82, 2.24) is 14.8 Å². The zero-order valence-corrected chi connectivity index (χ0v) is 14.5. The fraction of sp³-hybridized carbons (Fsp3) is 0.118. The van der Waals surface area contributed by atoms with Gasteiger partial charge in [-0.3, -0.25) is 14.7 Å². The Hall–Kier alpha value is -2.31. The van der Waals surface area contributed by atoms with Crippen LogP contribution >= 0.6 is 23.4 Å². The summed E-state index contributed by atoms with van der Waals surface area (Å²) < 4.78 is 1.62. The van der Waals surface area contributed by atoms with Crippen LogP contribution in [0.1, 0.15) is 6.92 Å². The summed E-state index contributed by atoms with van der Waals surface area (Å²) >= 11 is 7.42. The molecule has 2 aromatic heterocycles. The fourth-order valence-electron chi connectivity index (χ4n) is 2.19. The molecule has 0 spiro atoms. The van der Waals surface area contributed by atoms with Crippen LogP contribution in [0.2, 0.25) is 5.15 Å². The van der Waals surface area contributed by atoms with Gasteiger partial charge in [0, 0.05) is 17.6 Å². The summed E-state index contributed by atoms with van der Waals surface area (Å²) in [5.74, 6) is 0. The summed E-state index contributed by atoms with van der Waals surface area (Å²) in [6.07, 6.45) is 5.12. The van der Waals surface area contributed by atoms with Gasteiger partial charge in [0.05, 0.1) is 18.1 Å². The van der Waals surface area contributed by atoms with Gasteiger partial charge in [0.1, 0.15) is 5.69 Å². The molecule has 0 bridgehead atoms. The van der Waals surface area contributed by atoms with E-state index < -0.39 is 0 Å². The smallest absolute Gasteiger partial charge is 0.291 e. The molecule has 0 aliphatic carbocycles. The lowest BCUT2D eigenvalue weighted by Gasteiger charge is -2.18. The number of aromatic nitrogens is 3. The lowest BCUT2D eigenvalue weighted by atomic mass is 10.4. The number of carbonyl (C=O) groups excluding carboxylic acids is 1. The molecule has 0 saturated carbocycles. The summed E-state index contributed by atoms with van der Waals surface area (Å²) in [6.45, 7) is 2.40. The number of anilines is 1. The fourth-order valence-corrected chi connectivity index (χ4v) is 3.25. The number of benzene rings is 1. The minimum absolute atomic E-state index is 0.101. The van der Waals surface area contributed by atoms with Gasteiger partial charge in [0.25, 0.3) is 5.24 Å². The van der Waals surface area contributed by atoms with E-state index in [-0.39, 0.29) is 10.4 Å². The van der Waals surface area contributed by atoms with E-state index in [0.29, 0.717) is 12.2 Å². The van der Waals surface area contributed by atoms with Crippen LogP contribution in [0, 0.1) is 0 Å². The summed E-state index contributed by atoms with van der Waals surface area (Å²) in [6, 6.07) is 13.2. The standard InChI is InChI=1S/C17H15ClN4OS/c1-2-21(17(23)24-14-8-4-3-5-9-14)15-12-22(20-16(15)18)13-7-6-10-19-11-13/h3-12H,2H2,1H3. The van der Waals surface area contributed by atoms with Crippen LogP contribution in [0.15, 0.2) is 66.0 Å². The van der Waals surface area contributed by atoms with Crippen molar-refractivity contribution in [2.45, 2.75) is 11.8 Å². The third-order valence-electron chi connectivity index (χ3n) is 3.34. The molecule has 24 heavy (non-hydrogen) atoms. The summed E-state index contributed by atoms with van der Waals surface area (Å²) in [5.41, 5.74) is 1.36. The molecular formula is C17H15ClN4OS. The molecule has 0 radical (unpaired) electrons. The van der Waals surface area contributed by atoms with Crippen LogP contribution in [0.4, 0.5) is 10.5 Å². The van der Waals surface area contributed by atoms with E-state index in [9.17, 15) is 4.79 Å². The van der Waals surface area contributed by atoms with Crippen molar-refractivity contribution in [2.24, 2.45) is 0 Å². The first-order chi connectivity index (χ1) is 11.7. The molecule has 3 rings (SSSR count). The molecule has 0 saturated heterocycles. The van der Waals surface area contributed by atoms with Gasteiger partial charge in [-0.1, -0.05) is 29.8 Å². The first-order valence-electron chi connectivity index (χ1n) is 7.39. The third-order valence-corrected chi connectivity index (χ3v) is 4.51. The van der Waals surface area contributed by atoms with Gasteiger partial charge >= 0.3 is 0 Å². The number of hydrogen-bond acceptors (Lipinski definition) is 4. The Morgan fingerprint density at radius 3 is 2.71 bits per heavy atom. The number of carbonyl (C=O) groups is 1. The molecule has 1 aromatic carbocycles. The Labute approximate surface area is 149 Å². The van der Waals surface area contributed by atoms with Crippen molar-refractivity contribution in [1.29, 1.82) is 0 Å². The molecule has 0 fully saturated rings. The first kappa shape index (κ1) is 16.5. The topological polar surface area (TPSA) is 51.0 Å². The molecule has 0 aliphatic heterocycles. The predicted octanol–water partition coefficient (Wildman–Crippen LogP) is 4.66. The number of halogens is 1. The van der Waals surface area contributed by atoms with Crippen LogP contribution < -0.4 is 4.90 Å². The SMILES string of the molecule is CCN(C(=O)Sc1ccccc1)c1cn(-c2cccnc2)nc1Cl. The van der Waals surface area contributed by atoms with Gasteiger partial charge in [-0.2, -0.15) is 5.10 Å². The Balaban J connectivity index is 1.86. The van der Waals surface area contributed by atoms with Gasteiger partial charge in [-0.15, -0.1) is 0 Å². The highest BCUT2D eigenvalue weighted by atomic mass is 35.5. The average Bonchev–Trinajstić information content (AvgIpc) is 2.99. The van der Waals surface area contributed by atoms with Crippen LogP contribution in [0.3, 0.4) is 0 Å². The highest BCUT2D eigenvalue weighted by molar-refractivity contribution is 8.14. The Morgan fingerprint density at radius 2 is 2.04 bits per heavy atom. The normalized spacial score (nSPS) is 10.6. The van der Waals surface area contributed by atoms with E-state index in [4.69, 9.17) is 11.6 Å². The van der Waals surface area contributed by atoms with E-state index in [2.05, 4.69) is 10.1 Å². The zero-order chi connectivity index (χ0) is 16.9. The zero-order valence-electron chi connectivity index (χ0n) is 13.0. The van der Waals surface area contributed by atoms with Crippen molar-refractivity contribution in [3.8, 4) is 5.69 Å². The van der Waals surface area contributed by atoms with Crippen LogP contribution in [0.5, 0.6) is 0 Å². The maximum absolute atomic E-state index is 12.6. The molecule has 1 amide bonds. The minimum Gasteiger partial charge on any atom is -0.299 e. The monoisotopic (exact) mass is 358 g/mol. The Morgan fingerprint density at radius 1 is 1.25 bits per heavy atom. The van der Waals surface area contributed by atoms with E-state index >= 15 is 0 Å². The highest BCUT2D eigenvalue weighted by Crippen LogP contribution is 2.30. The maximum atomic E-state index is 12.6. The lowest BCUT2D eigenvalue weighted by Crippen LogP contribution is -2.26. The van der Waals surface area contributed by atoms with E-state index in [1.807, 2.05) is 49.4 Å². The van der Waals surface area contributed by atoms with Crippen molar-refractivity contribution in [3.05, 3.63) is 66.2 Å². The minimum atomic E-state index is -0.101. The van der Waals surface area contributed by atoms with Gasteiger partial charge in [-0.25, -0.2) is 4.68 Å². The van der Waals surface area contributed by atoms with Gasteiger partial charge in [-0.05, 0) is 43.0 Å². The lowest BCUT2D eigenvalue weighted by molar-refractivity contribution is 0.265. The number of pyridine rings is 1. The number of nitrogens with zero attached hydrogens (tertiary/aromatic N) is 4. The second-order valence-electron chi connectivity index (χ2n) is 4.89. The number of rotatable bonds is 4. The van der Waals surface area contributed by atoms with Gasteiger partial charge < -0.3 is 0 Å². The molecular weight excluding hydrogens is 344 g/mol. The molecule has 7 heteroatoms. The largest absolute Gasteiger partial charge is 0.299 e. The molecule has 0 atom stereocenters. The van der Waals surface area contributed by atoms with Gasteiger partial charge in [0.2, 0.25) is 0 Å². The number of hydrogen-bond donors (Lipinski definition) is 0. The van der Waals surface area contributed by atoms with Crippen LogP contribution in [-0.4, -0.2) is 26.5 Å². The van der Waals surface area contributed by atoms with Crippen molar-refractivity contribution in [3.63, 3.8) is 0 Å². The third kappa shape index (κ3) is 3.60. The molecule has 0 unspecified atom stereocenters. The summed E-state index contributed by atoms with van der Waals surface area (Å²) in [4.78, 5) is 19.2. The van der Waals surface area contributed by atoms with Crippen molar-refractivity contribution in [2.75, 3.05) is 11.4 Å². The van der Waals surface area contributed by atoms with Crippen molar-refractivity contribution >= 4 is 34.3 Å².